The second-order valence-corrected chi connectivity index (χ2v) is 5.22. The summed E-state index contributed by atoms with van der Waals surface area (Å²) >= 11 is 0. The number of anilines is 1. The van der Waals surface area contributed by atoms with Gasteiger partial charge in [-0.05, 0) is 36.9 Å². The molecule has 1 heterocycles. The van der Waals surface area contributed by atoms with Crippen LogP contribution in [0.5, 0.6) is 0 Å². The molecule has 2 rings (SSSR count). The molecule has 1 aromatic carbocycles. The summed E-state index contributed by atoms with van der Waals surface area (Å²) in [6.07, 6.45) is 2.42. The molecule has 1 unspecified atom stereocenters. The van der Waals surface area contributed by atoms with Gasteiger partial charge in [0.05, 0.1) is 5.69 Å². The number of nitrogens with one attached hydrogen (secondary N) is 1. The Bertz CT molecular complexity index is 392. The molecule has 0 amide bonds. The molecule has 100 valence electrons. The number of hydrogen-bond acceptors (Lipinski definition) is 2. The van der Waals surface area contributed by atoms with Crippen molar-refractivity contribution in [1.82, 2.24) is 5.32 Å². The fourth-order valence-electron chi connectivity index (χ4n) is 2.71. The molecule has 2 nitrogen and oxygen atoms in total. The van der Waals surface area contributed by atoms with Crippen LogP contribution in [-0.4, -0.2) is 19.6 Å². The van der Waals surface area contributed by atoms with E-state index in [-0.39, 0.29) is 5.82 Å². The maximum absolute atomic E-state index is 14.1. The lowest BCUT2D eigenvalue weighted by Crippen LogP contribution is -2.35. The Labute approximate surface area is 109 Å². The molecule has 0 aliphatic carbocycles. The monoisotopic (exact) mass is 250 g/mol. The first-order chi connectivity index (χ1) is 8.72. The summed E-state index contributed by atoms with van der Waals surface area (Å²) in [4.78, 5) is 2.22. The summed E-state index contributed by atoms with van der Waals surface area (Å²) in [5, 5.41) is 3.29. The Balaban J connectivity index is 2.23. The minimum atomic E-state index is -0.0838. The van der Waals surface area contributed by atoms with Crippen LogP contribution in [0.25, 0.3) is 0 Å². The normalized spacial score (nSPS) is 20.2. The van der Waals surface area contributed by atoms with Gasteiger partial charge in [-0.3, -0.25) is 0 Å². The topological polar surface area (TPSA) is 15.3 Å². The van der Waals surface area contributed by atoms with Crippen molar-refractivity contribution in [3.8, 4) is 0 Å². The lowest BCUT2D eigenvalue weighted by atomic mass is 9.98. The molecule has 18 heavy (non-hydrogen) atoms. The van der Waals surface area contributed by atoms with Gasteiger partial charge in [0.2, 0.25) is 0 Å². The Morgan fingerprint density at radius 2 is 2.28 bits per heavy atom. The zero-order chi connectivity index (χ0) is 13.0. The molecule has 0 radical (unpaired) electrons. The molecule has 0 aromatic heterocycles. The second kappa shape index (κ2) is 6.19. The largest absolute Gasteiger partial charge is 0.369 e. The van der Waals surface area contributed by atoms with Crippen LogP contribution in [0, 0.1) is 11.7 Å². The van der Waals surface area contributed by atoms with E-state index in [1.54, 1.807) is 12.1 Å². The van der Waals surface area contributed by atoms with Crippen LogP contribution in [0.15, 0.2) is 18.2 Å². The number of hydrogen-bond donors (Lipinski definition) is 1. The average molecular weight is 250 g/mol. The first kappa shape index (κ1) is 13.3. The lowest BCUT2D eigenvalue weighted by molar-refractivity contribution is 0.441. The Kier molecular flexibility index (Phi) is 4.59. The second-order valence-electron chi connectivity index (χ2n) is 5.22. The molecule has 1 aliphatic heterocycles. The molecule has 0 bridgehead atoms. The third kappa shape index (κ3) is 3.02. The van der Waals surface area contributed by atoms with E-state index < -0.39 is 0 Å². The third-order valence-corrected chi connectivity index (χ3v) is 3.61. The van der Waals surface area contributed by atoms with Crippen molar-refractivity contribution < 1.29 is 4.39 Å². The highest BCUT2D eigenvalue weighted by Crippen LogP contribution is 2.29. The van der Waals surface area contributed by atoms with Crippen LogP contribution >= 0.6 is 0 Å². The van der Waals surface area contributed by atoms with Gasteiger partial charge in [-0.15, -0.1) is 0 Å². The van der Waals surface area contributed by atoms with Gasteiger partial charge in [-0.2, -0.15) is 0 Å². The van der Waals surface area contributed by atoms with E-state index in [0.717, 1.165) is 43.9 Å². The van der Waals surface area contributed by atoms with Gasteiger partial charge < -0.3 is 10.2 Å². The Morgan fingerprint density at radius 3 is 3.00 bits per heavy atom. The summed E-state index contributed by atoms with van der Waals surface area (Å²) < 4.78 is 14.1. The van der Waals surface area contributed by atoms with Crippen molar-refractivity contribution in [1.29, 1.82) is 0 Å². The molecule has 0 spiro atoms. The lowest BCUT2D eigenvalue weighted by Gasteiger charge is -2.34. The van der Waals surface area contributed by atoms with Crippen molar-refractivity contribution in [3.63, 3.8) is 0 Å². The first-order valence-electron chi connectivity index (χ1n) is 6.95. The predicted molar refractivity (Wildman–Crippen MR) is 74.4 cm³/mol. The predicted octanol–water partition coefficient (Wildman–Crippen LogP) is 3.17. The van der Waals surface area contributed by atoms with Gasteiger partial charge in [0.15, 0.2) is 0 Å². The SMILES string of the molecule is CCNCc1cccc(F)c1N1CCCC(C)C1. The summed E-state index contributed by atoms with van der Waals surface area (Å²) in [7, 11) is 0. The van der Waals surface area contributed by atoms with Crippen LogP contribution in [0.2, 0.25) is 0 Å². The summed E-state index contributed by atoms with van der Waals surface area (Å²) in [6.45, 7) is 7.92. The van der Waals surface area contributed by atoms with Crippen molar-refractivity contribution in [2.45, 2.75) is 33.2 Å². The maximum atomic E-state index is 14.1. The highest BCUT2D eigenvalue weighted by Gasteiger charge is 2.21. The van der Waals surface area contributed by atoms with Gasteiger partial charge in [0.1, 0.15) is 5.82 Å². The zero-order valence-electron chi connectivity index (χ0n) is 11.4. The molecular formula is C15H23FN2. The fraction of sp³-hybridized carbons (Fsp3) is 0.600. The standard InChI is InChI=1S/C15H23FN2/c1-3-17-10-13-7-4-8-14(16)15(13)18-9-5-6-12(2)11-18/h4,7-8,12,17H,3,5-6,9-11H2,1-2H3. The first-order valence-corrected chi connectivity index (χ1v) is 6.95. The number of para-hydroxylation sites is 1. The Hall–Kier alpha value is -1.09. The maximum Gasteiger partial charge on any atom is 0.146 e. The van der Waals surface area contributed by atoms with Crippen molar-refractivity contribution in [2.75, 3.05) is 24.5 Å². The Morgan fingerprint density at radius 1 is 1.44 bits per heavy atom. The zero-order valence-corrected chi connectivity index (χ0v) is 11.4. The molecule has 1 saturated heterocycles. The quantitative estimate of drug-likeness (QED) is 0.883. The van der Waals surface area contributed by atoms with Gasteiger partial charge in [0, 0.05) is 19.6 Å². The number of benzene rings is 1. The van der Waals surface area contributed by atoms with E-state index in [0.29, 0.717) is 5.92 Å². The van der Waals surface area contributed by atoms with Gasteiger partial charge in [-0.1, -0.05) is 26.0 Å². The summed E-state index contributed by atoms with van der Waals surface area (Å²) in [6, 6.07) is 5.41. The van der Waals surface area contributed by atoms with Gasteiger partial charge in [0.25, 0.3) is 0 Å². The molecule has 1 aliphatic rings. The van der Waals surface area contributed by atoms with Crippen molar-refractivity contribution in [2.24, 2.45) is 5.92 Å². The molecule has 0 saturated carbocycles. The smallest absolute Gasteiger partial charge is 0.146 e. The minimum Gasteiger partial charge on any atom is -0.369 e. The van der Waals surface area contributed by atoms with Gasteiger partial charge in [-0.25, -0.2) is 4.39 Å². The van der Waals surface area contributed by atoms with E-state index in [1.807, 2.05) is 6.07 Å². The average Bonchev–Trinajstić information content (AvgIpc) is 2.36. The van der Waals surface area contributed by atoms with Crippen molar-refractivity contribution >= 4 is 5.69 Å². The molecule has 1 N–H and O–H groups in total. The summed E-state index contributed by atoms with van der Waals surface area (Å²) in [5.41, 5.74) is 1.89. The number of rotatable bonds is 4. The molecule has 3 heteroatoms. The summed E-state index contributed by atoms with van der Waals surface area (Å²) in [5.74, 6) is 0.574. The molecular weight excluding hydrogens is 227 g/mol. The fourth-order valence-corrected chi connectivity index (χ4v) is 2.71. The van der Waals surface area contributed by atoms with Crippen LogP contribution in [0.4, 0.5) is 10.1 Å². The highest BCUT2D eigenvalue weighted by molar-refractivity contribution is 5.55. The van der Waals surface area contributed by atoms with Gasteiger partial charge >= 0.3 is 0 Å². The van der Waals surface area contributed by atoms with E-state index in [9.17, 15) is 4.39 Å². The number of halogens is 1. The number of nitrogens with zero attached hydrogens (tertiary/aromatic N) is 1. The third-order valence-electron chi connectivity index (χ3n) is 3.61. The van der Waals surface area contributed by atoms with Crippen LogP contribution in [0.3, 0.4) is 0 Å². The van der Waals surface area contributed by atoms with E-state index in [4.69, 9.17) is 0 Å². The van der Waals surface area contributed by atoms with E-state index >= 15 is 0 Å². The highest BCUT2D eigenvalue weighted by atomic mass is 19.1. The number of piperidine rings is 1. The molecule has 1 fully saturated rings. The van der Waals surface area contributed by atoms with E-state index in [2.05, 4.69) is 24.1 Å². The van der Waals surface area contributed by atoms with E-state index in [1.165, 1.54) is 6.42 Å². The van der Waals surface area contributed by atoms with Crippen LogP contribution < -0.4 is 10.2 Å². The minimum absolute atomic E-state index is 0.0838. The molecule has 1 aromatic rings. The van der Waals surface area contributed by atoms with Crippen LogP contribution in [-0.2, 0) is 6.54 Å². The van der Waals surface area contributed by atoms with Crippen molar-refractivity contribution in [3.05, 3.63) is 29.6 Å². The molecule has 1 atom stereocenters. The van der Waals surface area contributed by atoms with Crippen LogP contribution in [0.1, 0.15) is 32.3 Å².